The summed E-state index contributed by atoms with van der Waals surface area (Å²) in [6.45, 7) is 0.348. The van der Waals surface area contributed by atoms with Gasteiger partial charge < -0.3 is 30.3 Å². The molecule has 0 unspecified atom stereocenters. The van der Waals surface area contributed by atoms with Gasteiger partial charge in [0, 0.05) is 18.7 Å². The molecule has 160 valence electrons. The molecule has 0 radical (unpaired) electrons. The minimum atomic E-state index is -1.21. The number of amides is 2. The van der Waals surface area contributed by atoms with E-state index in [9.17, 15) is 19.8 Å². The molecule has 1 fully saturated rings. The molecule has 1 saturated heterocycles. The molecule has 0 saturated carbocycles. The van der Waals surface area contributed by atoms with Crippen LogP contribution in [0.15, 0.2) is 54.6 Å². The van der Waals surface area contributed by atoms with Crippen molar-refractivity contribution >= 4 is 11.8 Å². The molecular weight excluding hydrogens is 388 g/mol. The van der Waals surface area contributed by atoms with E-state index in [1.807, 2.05) is 12.1 Å². The van der Waals surface area contributed by atoms with Crippen LogP contribution in [0.25, 0.3) is 0 Å². The van der Waals surface area contributed by atoms with Crippen LogP contribution in [0.4, 0.5) is 0 Å². The van der Waals surface area contributed by atoms with Gasteiger partial charge in [-0.3, -0.25) is 9.59 Å². The molecule has 0 aromatic heterocycles. The summed E-state index contributed by atoms with van der Waals surface area (Å²) in [6, 6.07) is 15.9. The maximum atomic E-state index is 12.2. The zero-order valence-corrected chi connectivity index (χ0v) is 16.7. The molecule has 8 nitrogen and oxygen atoms in total. The fourth-order valence-electron chi connectivity index (χ4n) is 3.25. The van der Waals surface area contributed by atoms with E-state index < -0.39 is 24.4 Å². The second-order valence-electron chi connectivity index (χ2n) is 7.10. The standard InChI is InChI=1S/C22H26N2O6/c1-29-16-9-7-14(8-10-16)12-23-19(25)11-17-20(26)21(27)18(30-17)13-24-22(28)15-5-3-2-4-6-15/h2-10,17-18,20-21,26-27H,11-13H2,1H3,(H,23,25)(H,24,28)/t17-,18-,20+,21-/m1/s1. The van der Waals surface area contributed by atoms with Crippen LogP contribution >= 0.6 is 0 Å². The zero-order valence-electron chi connectivity index (χ0n) is 16.7. The van der Waals surface area contributed by atoms with Gasteiger partial charge >= 0.3 is 0 Å². The van der Waals surface area contributed by atoms with Gasteiger partial charge in [-0.15, -0.1) is 0 Å². The van der Waals surface area contributed by atoms with Crippen molar-refractivity contribution in [3.8, 4) is 5.75 Å². The van der Waals surface area contributed by atoms with E-state index in [2.05, 4.69) is 10.6 Å². The Bertz CT molecular complexity index is 842. The van der Waals surface area contributed by atoms with Crippen molar-refractivity contribution in [2.75, 3.05) is 13.7 Å². The number of aliphatic hydroxyl groups is 2. The number of hydrogen-bond acceptors (Lipinski definition) is 6. The van der Waals surface area contributed by atoms with Crippen molar-refractivity contribution in [1.82, 2.24) is 10.6 Å². The average molecular weight is 414 g/mol. The van der Waals surface area contributed by atoms with Crippen molar-refractivity contribution in [3.63, 3.8) is 0 Å². The predicted octanol–water partition coefficient (Wildman–Crippen LogP) is 0.621. The highest BCUT2D eigenvalue weighted by molar-refractivity contribution is 5.94. The Balaban J connectivity index is 1.45. The van der Waals surface area contributed by atoms with Gasteiger partial charge in [0.15, 0.2) is 0 Å². The van der Waals surface area contributed by atoms with Gasteiger partial charge in [0.2, 0.25) is 5.91 Å². The van der Waals surface area contributed by atoms with Crippen molar-refractivity contribution in [1.29, 1.82) is 0 Å². The van der Waals surface area contributed by atoms with Gasteiger partial charge in [-0.25, -0.2) is 0 Å². The molecule has 2 aromatic carbocycles. The van der Waals surface area contributed by atoms with Crippen LogP contribution in [0.5, 0.6) is 5.75 Å². The summed E-state index contributed by atoms with van der Waals surface area (Å²) in [7, 11) is 1.58. The predicted molar refractivity (Wildman–Crippen MR) is 109 cm³/mol. The second kappa shape index (κ2) is 10.2. The summed E-state index contributed by atoms with van der Waals surface area (Å²) in [5.41, 5.74) is 1.39. The minimum absolute atomic E-state index is 0.0237. The van der Waals surface area contributed by atoms with Gasteiger partial charge in [-0.05, 0) is 29.8 Å². The summed E-state index contributed by atoms with van der Waals surface area (Å²) >= 11 is 0. The summed E-state index contributed by atoms with van der Waals surface area (Å²) < 4.78 is 10.7. The monoisotopic (exact) mass is 414 g/mol. The molecule has 8 heteroatoms. The van der Waals surface area contributed by atoms with E-state index >= 15 is 0 Å². The van der Waals surface area contributed by atoms with Gasteiger partial charge in [0.05, 0.1) is 19.6 Å². The highest BCUT2D eigenvalue weighted by Crippen LogP contribution is 2.23. The van der Waals surface area contributed by atoms with Crippen LogP contribution in [0, 0.1) is 0 Å². The maximum absolute atomic E-state index is 12.2. The molecule has 2 amide bonds. The Kier molecular flexibility index (Phi) is 7.40. The molecule has 1 heterocycles. The van der Waals surface area contributed by atoms with Crippen LogP contribution in [0.3, 0.4) is 0 Å². The number of carbonyl (C=O) groups is 2. The number of rotatable bonds is 8. The average Bonchev–Trinajstić information content (AvgIpc) is 3.04. The molecule has 30 heavy (non-hydrogen) atoms. The Labute approximate surface area is 174 Å². The fourth-order valence-corrected chi connectivity index (χ4v) is 3.25. The molecular formula is C22H26N2O6. The van der Waals surface area contributed by atoms with Crippen LogP contribution in [0.1, 0.15) is 22.3 Å². The third kappa shape index (κ3) is 5.56. The maximum Gasteiger partial charge on any atom is 0.251 e. The van der Waals surface area contributed by atoms with E-state index in [4.69, 9.17) is 9.47 Å². The lowest BCUT2D eigenvalue weighted by molar-refractivity contribution is -0.125. The van der Waals surface area contributed by atoms with Crippen molar-refractivity contribution in [2.24, 2.45) is 0 Å². The number of nitrogens with one attached hydrogen (secondary N) is 2. The van der Waals surface area contributed by atoms with Crippen LogP contribution in [0.2, 0.25) is 0 Å². The normalized spacial score (nSPS) is 23.0. The number of carbonyl (C=O) groups excluding carboxylic acids is 2. The zero-order chi connectivity index (χ0) is 21.5. The molecule has 2 aromatic rings. The second-order valence-corrected chi connectivity index (χ2v) is 7.10. The van der Waals surface area contributed by atoms with Gasteiger partial charge in [-0.2, -0.15) is 0 Å². The van der Waals surface area contributed by atoms with E-state index in [0.717, 1.165) is 11.3 Å². The van der Waals surface area contributed by atoms with E-state index in [1.54, 1.807) is 49.6 Å². The Morgan fingerprint density at radius 2 is 1.63 bits per heavy atom. The molecule has 4 atom stereocenters. The van der Waals surface area contributed by atoms with Gasteiger partial charge in [0.25, 0.3) is 5.91 Å². The van der Waals surface area contributed by atoms with Crippen LogP contribution in [-0.2, 0) is 16.1 Å². The van der Waals surface area contributed by atoms with Gasteiger partial charge in [-0.1, -0.05) is 30.3 Å². The van der Waals surface area contributed by atoms with Crippen LogP contribution < -0.4 is 15.4 Å². The lowest BCUT2D eigenvalue weighted by atomic mass is 10.1. The molecule has 1 aliphatic heterocycles. The lowest BCUT2D eigenvalue weighted by Crippen LogP contribution is -2.40. The first kappa shape index (κ1) is 21.8. The molecule has 3 rings (SSSR count). The summed E-state index contributed by atoms with van der Waals surface area (Å²) in [5.74, 6) is 0.115. The van der Waals surface area contributed by atoms with E-state index in [0.29, 0.717) is 12.1 Å². The highest BCUT2D eigenvalue weighted by atomic mass is 16.5. The molecule has 4 N–H and O–H groups in total. The Morgan fingerprint density at radius 1 is 0.967 bits per heavy atom. The topological polar surface area (TPSA) is 117 Å². The number of benzene rings is 2. The smallest absolute Gasteiger partial charge is 0.251 e. The first-order valence-electron chi connectivity index (χ1n) is 9.72. The first-order valence-corrected chi connectivity index (χ1v) is 9.72. The van der Waals surface area contributed by atoms with Crippen LogP contribution in [-0.4, -0.2) is 60.1 Å². The summed E-state index contributed by atoms with van der Waals surface area (Å²) in [5, 5.41) is 25.9. The summed E-state index contributed by atoms with van der Waals surface area (Å²) in [4.78, 5) is 24.4. The van der Waals surface area contributed by atoms with Crippen molar-refractivity contribution in [2.45, 2.75) is 37.4 Å². The molecule has 0 aliphatic carbocycles. The number of aliphatic hydroxyl groups excluding tert-OH is 2. The first-order chi connectivity index (χ1) is 14.5. The molecule has 1 aliphatic rings. The third-order valence-corrected chi connectivity index (χ3v) is 5.00. The Hall–Kier alpha value is -2.94. The van der Waals surface area contributed by atoms with E-state index in [-0.39, 0.29) is 24.8 Å². The van der Waals surface area contributed by atoms with Crippen molar-refractivity contribution < 1.29 is 29.3 Å². The van der Waals surface area contributed by atoms with Crippen molar-refractivity contribution in [3.05, 3.63) is 65.7 Å². The number of hydrogen-bond donors (Lipinski definition) is 4. The number of ether oxygens (including phenoxy) is 2. The van der Waals surface area contributed by atoms with E-state index in [1.165, 1.54) is 0 Å². The Morgan fingerprint density at radius 3 is 2.30 bits per heavy atom. The SMILES string of the molecule is COc1ccc(CNC(=O)C[C@H]2O[C@H](CNC(=O)c3ccccc3)[C@@H](O)[C@H]2O)cc1. The van der Waals surface area contributed by atoms with Gasteiger partial charge in [0.1, 0.15) is 24.1 Å². The summed E-state index contributed by atoms with van der Waals surface area (Å²) in [6.07, 6.45) is -4.16. The third-order valence-electron chi connectivity index (χ3n) is 5.00. The fraction of sp³-hybridized carbons (Fsp3) is 0.364. The minimum Gasteiger partial charge on any atom is -0.497 e. The highest BCUT2D eigenvalue weighted by Gasteiger charge is 2.43. The molecule has 0 bridgehead atoms. The number of methoxy groups -OCH3 is 1. The quantitative estimate of drug-likeness (QED) is 0.503. The molecule has 0 spiro atoms. The lowest BCUT2D eigenvalue weighted by Gasteiger charge is -2.15. The largest absolute Gasteiger partial charge is 0.497 e.